The Balaban J connectivity index is 1.26. The molecule has 0 atom stereocenters. The second kappa shape index (κ2) is 24.6. The molecule has 0 bridgehead atoms. The standard InChI is InChI=1S/C67H54BN3O9/c1-66(2)67(3,4)80-68(79-66)53-37-38-56-52(44-53)45-69-63(70-56)71(64(75)76)65(77)78-59(43-50-31-19-9-20-32-50)62(74)61(55(42-49-29-17-8-18-30-49)58(73)40-36-47-25-13-6-14-26-47)60(51-33-21-10-22-34-51)54(41-48-27-15-7-16-28-48)57(72)39-35-46-23-11-5-12-24-46/h5-45H,1-4H3,(H,75,76). The fourth-order valence-corrected chi connectivity index (χ4v) is 8.65. The van der Waals surface area contributed by atoms with Gasteiger partial charge in [0.25, 0.3) is 0 Å². The van der Waals surface area contributed by atoms with Crippen molar-refractivity contribution in [3.8, 4) is 0 Å². The predicted octanol–water partition coefficient (Wildman–Crippen LogP) is 13.3. The van der Waals surface area contributed by atoms with Gasteiger partial charge in [-0.25, -0.2) is 19.6 Å². The first-order chi connectivity index (χ1) is 38.6. The van der Waals surface area contributed by atoms with Crippen LogP contribution in [0.3, 0.4) is 0 Å². The zero-order valence-corrected chi connectivity index (χ0v) is 44.3. The van der Waals surface area contributed by atoms with Crippen LogP contribution in [0.25, 0.3) is 46.9 Å². The molecule has 2 amide bonds. The monoisotopic (exact) mass is 1060 g/mol. The van der Waals surface area contributed by atoms with Crippen molar-refractivity contribution in [2.45, 2.75) is 38.9 Å². The second-order valence-electron chi connectivity index (χ2n) is 19.6. The highest BCUT2D eigenvalue weighted by Crippen LogP contribution is 2.39. The molecule has 1 aliphatic heterocycles. The van der Waals surface area contributed by atoms with Crippen LogP contribution in [-0.2, 0) is 28.4 Å². The summed E-state index contributed by atoms with van der Waals surface area (Å²) in [4.78, 5) is 84.3. The van der Waals surface area contributed by atoms with E-state index in [4.69, 9.17) is 14.0 Å². The molecule has 12 nitrogen and oxygen atoms in total. The maximum atomic E-state index is 16.5. The Hall–Kier alpha value is -9.95. The summed E-state index contributed by atoms with van der Waals surface area (Å²) in [5, 5.41) is 11.3. The molecular formula is C67H54BN3O9. The molecular weight excluding hydrogens is 1000 g/mol. The number of anilines is 1. The van der Waals surface area contributed by atoms with Crippen molar-refractivity contribution < 1.29 is 43.1 Å². The van der Waals surface area contributed by atoms with Gasteiger partial charge < -0.3 is 19.2 Å². The summed E-state index contributed by atoms with van der Waals surface area (Å²) < 4.78 is 18.6. The number of imide groups is 1. The van der Waals surface area contributed by atoms with Crippen molar-refractivity contribution in [3.05, 3.63) is 274 Å². The average molecular weight is 1060 g/mol. The molecule has 2 heterocycles. The number of allylic oxidation sites excluding steroid dienone is 6. The van der Waals surface area contributed by atoms with Crippen molar-refractivity contribution in [3.63, 3.8) is 0 Å². The SMILES string of the molecule is CC1(C)OB(c2ccc3nc(N(C(=O)O)C(=O)OC(=Cc4ccccc4)C(=O)C(C(=Cc4ccccc4)C(=O)C=Cc4ccccc4)=C(C(=Cc4ccccc4)C(=O)C=Cc4ccccc4)c4ccccc4)ncc3c2)OC1(C)C. The number of hydrogen-bond donors (Lipinski definition) is 1. The molecule has 7 aromatic carbocycles. The summed E-state index contributed by atoms with van der Waals surface area (Å²) in [5.41, 5.74) is 2.31. The fraction of sp³-hybridized carbons (Fsp3) is 0.0896. The van der Waals surface area contributed by atoms with E-state index < -0.39 is 59.6 Å². The maximum Gasteiger partial charge on any atom is 0.494 e. The summed E-state index contributed by atoms with van der Waals surface area (Å²) in [5.74, 6) is -3.57. The Bertz CT molecular complexity index is 3770. The van der Waals surface area contributed by atoms with E-state index in [-0.39, 0.29) is 32.7 Å². The van der Waals surface area contributed by atoms with Gasteiger partial charge in [-0.1, -0.05) is 206 Å². The predicted molar refractivity (Wildman–Crippen MR) is 315 cm³/mol. The van der Waals surface area contributed by atoms with Gasteiger partial charge in [-0.05, 0) is 103 Å². The zero-order chi connectivity index (χ0) is 56.2. The van der Waals surface area contributed by atoms with E-state index in [0.717, 1.165) is 5.56 Å². The normalized spacial score (nSPS) is 14.7. The lowest BCUT2D eigenvalue weighted by Crippen LogP contribution is -2.41. The number of carbonyl (C=O) groups excluding carboxylic acids is 4. The largest absolute Gasteiger partial charge is 0.494 e. The molecule has 0 unspecified atom stereocenters. The van der Waals surface area contributed by atoms with Gasteiger partial charge in [0.1, 0.15) is 0 Å². The first-order valence-electron chi connectivity index (χ1n) is 25.7. The van der Waals surface area contributed by atoms with E-state index in [1.165, 1.54) is 30.5 Å². The smallest absolute Gasteiger partial charge is 0.464 e. The minimum absolute atomic E-state index is 0.00586. The van der Waals surface area contributed by atoms with Crippen LogP contribution in [0.5, 0.6) is 0 Å². The third-order valence-electron chi connectivity index (χ3n) is 13.5. The molecule has 80 heavy (non-hydrogen) atoms. The molecule has 8 aromatic rings. The highest BCUT2D eigenvalue weighted by Gasteiger charge is 2.51. The highest BCUT2D eigenvalue weighted by atomic mass is 16.7. The molecule has 0 aliphatic carbocycles. The number of Topliss-reactive ketones (excluding diaryl/α,β-unsaturated/α-hetero) is 1. The lowest BCUT2D eigenvalue weighted by molar-refractivity contribution is -0.115. The van der Waals surface area contributed by atoms with Gasteiger partial charge in [0.15, 0.2) is 17.3 Å². The number of ether oxygens (including phenoxy) is 1. The van der Waals surface area contributed by atoms with Crippen molar-refractivity contribution in [1.82, 2.24) is 9.97 Å². The number of aromatic nitrogens is 2. The number of rotatable bonds is 17. The fourth-order valence-electron chi connectivity index (χ4n) is 8.65. The molecule has 9 rings (SSSR count). The maximum absolute atomic E-state index is 16.5. The van der Waals surface area contributed by atoms with E-state index in [1.807, 2.05) is 94.4 Å². The van der Waals surface area contributed by atoms with Crippen molar-refractivity contribution in [2.24, 2.45) is 0 Å². The number of hydrogen-bond acceptors (Lipinski definition) is 10. The van der Waals surface area contributed by atoms with Crippen LogP contribution in [0.4, 0.5) is 15.5 Å². The van der Waals surface area contributed by atoms with Crippen LogP contribution in [0.2, 0.25) is 0 Å². The van der Waals surface area contributed by atoms with E-state index in [2.05, 4.69) is 9.97 Å². The van der Waals surface area contributed by atoms with Crippen molar-refractivity contribution >= 4 is 94.9 Å². The number of ketones is 3. The molecule has 394 valence electrons. The topological polar surface area (TPSA) is 162 Å². The van der Waals surface area contributed by atoms with Crippen LogP contribution in [-0.4, -0.2) is 62.9 Å². The first kappa shape index (κ1) is 54.8. The summed E-state index contributed by atoms with van der Waals surface area (Å²) in [7, 11) is -0.713. The molecule has 1 saturated heterocycles. The van der Waals surface area contributed by atoms with Gasteiger partial charge in [-0.3, -0.25) is 14.4 Å². The molecule has 0 saturated carbocycles. The second-order valence-corrected chi connectivity index (χ2v) is 19.6. The van der Waals surface area contributed by atoms with Crippen molar-refractivity contribution in [1.29, 1.82) is 0 Å². The molecule has 1 aromatic heterocycles. The van der Waals surface area contributed by atoms with Gasteiger partial charge in [0.05, 0.1) is 16.7 Å². The average Bonchev–Trinajstić information content (AvgIpc) is 3.75. The number of carbonyl (C=O) groups is 5. The highest BCUT2D eigenvalue weighted by molar-refractivity contribution is 6.62. The Morgan fingerprint density at radius 3 is 1.48 bits per heavy atom. The van der Waals surface area contributed by atoms with Crippen LogP contribution in [0.15, 0.2) is 241 Å². The van der Waals surface area contributed by atoms with Gasteiger partial charge in [0.2, 0.25) is 11.7 Å². The Labute approximate surface area is 464 Å². The van der Waals surface area contributed by atoms with Gasteiger partial charge in [0, 0.05) is 33.9 Å². The van der Waals surface area contributed by atoms with Crippen LogP contribution < -0.4 is 10.4 Å². The minimum Gasteiger partial charge on any atom is -0.464 e. The molecule has 0 radical (unpaired) electrons. The van der Waals surface area contributed by atoms with Crippen LogP contribution >= 0.6 is 0 Å². The number of benzene rings is 7. The van der Waals surface area contributed by atoms with E-state index in [1.54, 1.807) is 152 Å². The Kier molecular flexibility index (Phi) is 16.9. The van der Waals surface area contributed by atoms with E-state index >= 15 is 14.4 Å². The quantitative estimate of drug-likeness (QED) is 0.0400. The minimum atomic E-state index is -1.83. The Morgan fingerprint density at radius 1 is 0.550 bits per heavy atom. The third-order valence-corrected chi connectivity index (χ3v) is 13.5. The van der Waals surface area contributed by atoms with Crippen LogP contribution in [0, 0.1) is 0 Å². The molecule has 0 spiro atoms. The number of carboxylic acid groups (broad SMARTS) is 1. The number of nitrogens with zero attached hydrogens (tertiary/aromatic N) is 3. The lowest BCUT2D eigenvalue weighted by atomic mass is 9.78. The summed E-state index contributed by atoms with van der Waals surface area (Å²) in [6.45, 7) is 7.75. The molecule has 1 aliphatic rings. The zero-order valence-electron chi connectivity index (χ0n) is 44.3. The summed E-state index contributed by atoms with van der Waals surface area (Å²) in [6, 6.07) is 58.3. The Morgan fingerprint density at radius 2 is 0.988 bits per heavy atom. The van der Waals surface area contributed by atoms with E-state index in [9.17, 15) is 14.7 Å². The van der Waals surface area contributed by atoms with Gasteiger partial charge in [-0.15, -0.1) is 4.90 Å². The molecule has 1 N–H and O–H groups in total. The molecule has 1 fully saturated rings. The van der Waals surface area contributed by atoms with Gasteiger partial charge >= 0.3 is 19.3 Å². The van der Waals surface area contributed by atoms with Gasteiger partial charge in [-0.2, -0.15) is 0 Å². The number of fused-ring (bicyclic) bond motifs is 1. The summed E-state index contributed by atoms with van der Waals surface area (Å²) in [6.07, 6.45) is 8.35. The number of amides is 2. The first-order valence-corrected chi connectivity index (χ1v) is 25.7. The van der Waals surface area contributed by atoms with E-state index in [0.29, 0.717) is 38.7 Å². The van der Waals surface area contributed by atoms with Crippen LogP contribution in [0.1, 0.15) is 61.1 Å². The third kappa shape index (κ3) is 13.1. The molecule has 13 heteroatoms. The van der Waals surface area contributed by atoms with Crippen molar-refractivity contribution in [2.75, 3.05) is 4.90 Å². The summed E-state index contributed by atoms with van der Waals surface area (Å²) >= 11 is 0. The lowest BCUT2D eigenvalue weighted by Gasteiger charge is -2.32.